The first kappa shape index (κ1) is 12.3. The highest BCUT2D eigenvalue weighted by atomic mass is 32.2. The van der Waals surface area contributed by atoms with Crippen LogP contribution in [0.3, 0.4) is 0 Å². The van der Waals surface area contributed by atoms with Gasteiger partial charge in [-0.2, -0.15) is 0 Å². The topological polar surface area (TPSA) is 68.8 Å². The van der Waals surface area contributed by atoms with Crippen molar-refractivity contribution in [2.24, 2.45) is 7.05 Å². The highest BCUT2D eigenvalue weighted by molar-refractivity contribution is 7.99. The molecule has 86 valence electrons. The number of aromatic nitrogens is 3. The molecule has 1 rings (SSSR count). The van der Waals surface area contributed by atoms with E-state index in [1.807, 2.05) is 7.05 Å². The summed E-state index contributed by atoms with van der Waals surface area (Å²) in [5.41, 5.74) is 5.57. The molecule has 0 saturated carbocycles. The van der Waals surface area contributed by atoms with Gasteiger partial charge in [-0.3, -0.25) is 4.57 Å². The van der Waals surface area contributed by atoms with Crippen molar-refractivity contribution in [3.63, 3.8) is 0 Å². The fourth-order valence-corrected chi connectivity index (χ4v) is 1.94. The van der Waals surface area contributed by atoms with E-state index in [4.69, 9.17) is 5.73 Å². The first-order chi connectivity index (χ1) is 7.11. The molecule has 0 aliphatic carbocycles. The number of nitrogen functional groups attached to an aromatic ring is 1. The average Bonchev–Trinajstić information content (AvgIpc) is 2.48. The van der Waals surface area contributed by atoms with Gasteiger partial charge in [0.25, 0.3) is 0 Å². The zero-order chi connectivity index (χ0) is 11.3. The maximum Gasteiger partial charge on any atom is 0.222 e. The maximum absolute atomic E-state index is 5.57. The zero-order valence-electron chi connectivity index (χ0n) is 9.53. The van der Waals surface area contributed by atoms with Gasteiger partial charge in [-0.05, 0) is 13.0 Å². The summed E-state index contributed by atoms with van der Waals surface area (Å²) < 4.78 is 1.81. The van der Waals surface area contributed by atoms with Gasteiger partial charge < -0.3 is 11.1 Å². The van der Waals surface area contributed by atoms with E-state index >= 15 is 0 Å². The van der Waals surface area contributed by atoms with Crippen LogP contribution in [0, 0.1) is 0 Å². The molecule has 0 aliphatic heterocycles. The van der Waals surface area contributed by atoms with Gasteiger partial charge in [0.1, 0.15) is 0 Å². The number of nitrogens with zero attached hydrogens (tertiary/aromatic N) is 3. The molecule has 0 saturated heterocycles. The van der Waals surface area contributed by atoms with E-state index in [9.17, 15) is 0 Å². The second-order valence-electron chi connectivity index (χ2n) is 3.71. The molecule has 0 unspecified atom stereocenters. The van der Waals surface area contributed by atoms with E-state index in [1.165, 1.54) is 0 Å². The van der Waals surface area contributed by atoms with Crippen LogP contribution in [0.4, 0.5) is 5.95 Å². The van der Waals surface area contributed by atoms with Gasteiger partial charge in [0.15, 0.2) is 5.16 Å². The number of nitrogens with one attached hydrogen (secondary N) is 1. The van der Waals surface area contributed by atoms with Crippen LogP contribution < -0.4 is 11.1 Å². The molecular formula is C9H19N5S. The fraction of sp³-hybridized carbons (Fsp3) is 0.778. The lowest BCUT2D eigenvalue weighted by Gasteiger charge is -2.06. The lowest BCUT2D eigenvalue weighted by Crippen LogP contribution is -2.23. The Labute approximate surface area is 94.8 Å². The summed E-state index contributed by atoms with van der Waals surface area (Å²) in [6, 6.07) is 0.556. The van der Waals surface area contributed by atoms with Crippen molar-refractivity contribution in [3.05, 3.63) is 0 Å². The molecule has 1 heterocycles. The second kappa shape index (κ2) is 5.97. The maximum atomic E-state index is 5.57. The summed E-state index contributed by atoms with van der Waals surface area (Å²) in [6.45, 7) is 5.34. The fourth-order valence-electron chi connectivity index (χ4n) is 1.08. The Morgan fingerprint density at radius 3 is 2.73 bits per heavy atom. The van der Waals surface area contributed by atoms with Crippen molar-refractivity contribution in [3.8, 4) is 0 Å². The summed E-state index contributed by atoms with van der Waals surface area (Å²) >= 11 is 1.69. The number of hydrogen-bond donors (Lipinski definition) is 2. The van der Waals surface area contributed by atoms with Gasteiger partial charge in [0.2, 0.25) is 5.95 Å². The van der Waals surface area contributed by atoms with E-state index in [2.05, 4.69) is 29.4 Å². The molecule has 0 spiro atoms. The van der Waals surface area contributed by atoms with Crippen LogP contribution in [0.15, 0.2) is 5.16 Å². The smallest absolute Gasteiger partial charge is 0.222 e. The Bertz CT molecular complexity index is 297. The predicted molar refractivity (Wildman–Crippen MR) is 63.9 cm³/mol. The highest BCUT2D eigenvalue weighted by Crippen LogP contribution is 2.16. The van der Waals surface area contributed by atoms with Gasteiger partial charge >= 0.3 is 0 Å². The third kappa shape index (κ3) is 4.09. The highest BCUT2D eigenvalue weighted by Gasteiger charge is 2.04. The lowest BCUT2D eigenvalue weighted by molar-refractivity contribution is 0.585. The Kier molecular flexibility index (Phi) is 4.90. The third-order valence-corrected chi connectivity index (χ3v) is 3.08. The lowest BCUT2D eigenvalue weighted by atomic mass is 10.4. The molecule has 1 aromatic heterocycles. The summed E-state index contributed by atoms with van der Waals surface area (Å²) in [5, 5.41) is 12.0. The van der Waals surface area contributed by atoms with Crippen LogP contribution in [0.2, 0.25) is 0 Å². The minimum absolute atomic E-state index is 0.470. The largest absolute Gasteiger partial charge is 0.368 e. The summed E-state index contributed by atoms with van der Waals surface area (Å²) in [5.74, 6) is 1.50. The standard InChI is InChI=1S/C9H19N5S/c1-7(2)11-5-4-6-15-9-13-12-8(10)14(9)3/h7,11H,4-6H2,1-3H3,(H2,10,12). The molecule has 0 aliphatic rings. The van der Waals surface area contributed by atoms with E-state index < -0.39 is 0 Å². The SMILES string of the molecule is CC(C)NCCCSc1nnc(N)n1C. The quantitative estimate of drug-likeness (QED) is 0.560. The Hall–Kier alpha value is -0.750. The van der Waals surface area contributed by atoms with Crippen LogP contribution in [0.5, 0.6) is 0 Å². The number of hydrogen-bond acceptors (Lipinski definition) is 5. The minimum atomic E-state index is 0.470. The Morgan fingerprint density at radius 2 is 2.20 bits per heavy atom. The predicted octanol–water partition coefficient (Wildman–Crippen LogP) is 0.877. The van der Waals surface area contributed by atoms with Crippen molar-refractivity contribution in [1.82, 2.24) is 20.1 Å². The summed E-state index contributed by atoms with van der Waals surface area (Å²) in [7, 11) is 1.88. The summed E-state index contributed by atoms with van der Waals surface area (Å²) in [4.78, 5) is 0. The first-order valence-corrected chi connectivity index (χ1v) is 6.11. The molecule has 15 heavy (non-hydrogen) atoms. The van der Waals surface area contributed by atoms with Crippen molar-refractivity contribution < 1.29 is 0 Å². The van der Waals surface area contributed by atoms with E-state index in [0.717, 1.165) is 23.9 Å². The van der Waals surface area contributed by atoms with Crippen molar-refractivity contribution in [2.75, 3.05) is 18.0 Å². The summed E-state index contributed by atoms with van der Waals surface area (Å²) in [6.07, 6.45) is 1.12. The molecule has 0 fully saturated rings. The second-order valence-corrected chi connectivity index (χ2v) is 4.77. The molecule has 5 nitrogen and oxygen atoms in total. The van der Waals surface area contributed by atoms with Crippen LogP contribution in [-0.4, -0.2) is 33.1 Å². The molecule has 6 heteroatoms. The van der Waals surface area contributed by atoms with Gasteiger partial charge in [-0.15, -0.1) is 10.2 Å². The molecule has 0 atom stereocenters. The number of thioether (sulfide) groups is 1. The number of anilines is 1. The first-order valence-electron chi connectivity index (χ1n) is 5.12. The number of nitrogens with two attached hydrogens (primary N) is 1. The molecule has 0 radical (unpaired) electrons. The van der Waals surface area contributed by atoms with Crippen LogP contribution >= 0.6 is 11.8 Å². The number of rotatable bonds is 6. The monoisotopic (exact) mass is 229 g/mol. The van der Waals surface area contributed by atoms with Crippen molar-refractivity contribution >= 4 is 17.7 Å². The third-order valence-electron chi connectivity index (χ3n) is 1.97. The van der Waals surface area contributed by atoms with Crippen molar-refractivity contribution in [2.45, 2.75) is 31.5 Å². The Morgan fingerprint density at radius 1 is 1.47 bits per heavy atom. The van der Waals surface area contributed by atoms with Gasteiger partial charge in [0.05, 0.1) is 0 Å². The van der Waals surface area contributed by atoms with Crippen molar-refractivity contribution in [1.29, 1.82) is 0 Å². The average molecular weight is 229 g/mol. The van der Waals surface area contributed by atoms with E-state index in [1.54, 1.807) is 16.3 Å². The van der Waals surface area contributed by atoms with Gasteiger partial charge in [-0.25, -0.2) is 0 Å². The van der Waals surface area contributed by atoms with E-state index in [-0.39, 0.29) is 0 Å². The normalized spacial score (nSPS) is 11.2. The van der Waals surface area contributed by atoms with Gasteiger partial charge in [-0.1, -0.05) is 25.6 Å². The van der Waals surface area contributed by atoms with Gasteiger partial charge in [0, 0.05) is 18.8 Å². The van der Waals surface area contributed by atoms with E-state index in [0.29, 0.717) is 12.0 Å². The molecule has 3 N–H and O–H groups in total. The molecule has 0 aromatic carbocycles. The van der Waals surface area contributed by atoms with Crippen LogP contribution in [0.1, 0.15) is 20.3 Å². The Balaban J connectivity index is 2.18. The molecule has 0 amide bonds. The molecular weight excluding hydrogens is 210 g/mol. The molecule has 1 aromatic rings. The zero-order valence-corrected chi connectivity index (χ0v) is 10.3. The minimum Gasteiger partial charge on any atom is -0.368 e. The molecule has 0 bridgehead atoms. The van der Waals surface area contributed by atoms with Crippen LogP contribution in [-0.2, 0) is 7.05 Å². The van der Waals surface area contributed by atoms with Crippen LogP contribution in [0.25, 0.3) is 0 Å².